The first-order chi connectivity index (χ1) is 12.5. The van der Waals surface area contributed by atoms with Crippen molar-refractivity contribution in [3.8, 4) is 0 Å². The molecular weight excluding hydrogens is 372 g/mol. The maximum absolute atomic E-state index is 12.6. The van der Waals surface area contributed by atoms with Crippen molar-refractivity contribution in [2.75, 3.05) is 12.3 Å². The molecule has 0 saturated heterocycles. The Bertz CT molecular complexity index is 527. The quantitative estimate of drug-likeness (QED) is 0.242. The third-order valence-corrected chi connectivity index (χ3v) is 4.05. The number of carbonyl (C=O) groups excluding carboxylic acids is 3. The van der Waals surface area contributed by atoms with Crippen LogP contribution in [0.4, 0.5) is 0 Å². The lowest BCUT2D eigenvalue weighted by Crippen LogP contribution is -2.57. The van der Waals surface area contributed by atoms with E-state index in [4.69, 9.17) is 5.73 Å². The van der Waals surface area contributed by atoms with Gasteiger partial charge in [-0.25, -0.2) is 4.79 Å². The molecule has 0 rings (SSSR count). The molecule has 0 spiro atoms. The summed E-state index contributed by atoms with van der Waals surface area (Å²) in [5.41, 5.74) is 5.22. The van der Waals surface area contributed by atoms with Crippen molar-refractivity contribution in [3.63, 3.8) is 0 Å². The van der Waals surface area contributed by atoms with Crippen molar-refractivity contribution in [1.29, 1.82) is 0 Å². The van der Waals surface area contributed by atoms with E-state index in [1.165, 1.54) is 0 Å². The average Bonchev–Trinajstić information content (AvgIpc) is 2.56. The van der Waals surface area contributed by atoms with Crippen molar-refractivity contribution in [2.45, 2.75) is 58.7 Å². The minimum atomic E-state index is -1.13. The van der Waals surface area contributed by atoms with Crippen LogP contribution in [0.5, 0.6) is 0 Å². The zero-order valence-corrected chi connectivity index (χ0v) is 17.2. The van der Waals surface area contributed by atoms with E-state index in [9.17, 15) is 24.3 Å². The molecule has 27 heavy (non-hydrogen) atoms. The molecule has 0 aliphatic heterocycles. The molecule has 0 aliphatic carbocycles. The Morgan fingerprint density at radius 1 is 0.852 bits per heavy atom. The molecule has 0 aromatic rings. The van der Waals surface area contributed by atoms with Gasteiger partial charge in [-0.3, -0.25) is 14.4 Å². The second-order valence-electron chi connectivity index (χ2n) is 7.23. The summed E-state index contributed by atoms with van der Waals surface area (Å²) in [7, 11) is 0. The highest BCUT2D eigenvalue weighted by Crippen LogP contribution is 2.09. The van der Waals surface area contributed by atoms with E-state index < -0.39 is 41.8 Å². The number of hydrogen-bond acceptors (Lipinski definition) is 6. The van der Waals surface area contributed by atoms with Gasteiger partial charge in [0.05, 0.1) is 6.54 Å². The fourth-order valence-electron chi connectivity index (χ4n) is 2.39. The summed E-state index contributed by atoms with van der Waals surface area (Å²) in [6.45, 7) is 7.19. The first-order valence-electron chi connectivity index (χ1n) is 8.95. The lowest BCUT2D eigenvalue weighted by atomic mass is 10.0. The van der Waals surface area contributed by atoms with Crippen LogP contribution in [0.25, 0.3) is 0 Å². The number of hydrogen-bond donors (Lipinski definition) is 6. The molecule has 6 N–H and O–H groups in total. The van der Waals surface area contributed by atoms with Gasteiger partial charge in [-0.15, -0.1) is 0 Å². The molecule has 10 heteroatoms. The fraction of sp³-hybridized carbons (Fsp3) is 0.765. The molecule has 0 saturated carbocycles. The molecule has 156 valence electrons. The van der Waals surface area contributed by atoms with Crippen LogP contribution in [-0.2, 0) is 19.2 Å². The molecule has 0 aromatic heterocycles. The average molecular weight is 405 g/mol. The van der Waals surface area contributed by atoms with Gasteiger partial charge in [-0.05, 0) is 24.7 Å². The van der Waals surface area contributed by atoms with Crippen LogP contribution < -0.4 is 21.7 Å². The Morgan fingerprint density at radius 2 is 1.30 bits per heavy atom. The van der Waals surface area contributed by atoms with E-state index in [1.807, 2.05) is 27.7 Å². The molecular formula is C17H32N4O5S. The zero-order chi connectivity index (χ0) is 21.1. The van der Waals surface area contributed by atoms with E-state index in [1.54, 1.807) is 0 Å². The Kier molecular flexibility index (Phi) is 11.7. The molecule has 0 bridgehead atoms. The van der Waals surface area contributed by atoms with Crippen molar-refractivity contribution in [3.05, 3.63) is 0 Å². The Morgan fingerprint density at radius 3 is 1.70 bits per heavy atom. The lowest BCUT2D eigenvalue weighted by Gasteiger charge is -2.25. The summed E-state index contributed by atoms with van der Waals surface area (Å²) >= 11 is 4.04. The number of carbonyl (C=O) groups is 4. The molecule has 9 nitrogen and oxygen atoms in total. The highest BCUT2D eigenvalue weighted by Gasteiger charge is 2.29. The van der Waals surface area contributed by atoms with E-state index >= 15 is 0 Å². The number of rotatable bonds is 12. The third-order valence-electron chi connectivity index (χ3n) is 3.68. The normalized spacial score (nSPS) is 14.4. The Balaban J connectivity index is 5.18. The van der Waals surface area contributed by atoms with Crippen LogP contribution in [0.1, 0.15) is 40.5 Å². The molecule has 0 radical (unpaired) electrons. The number of nitrogens with one attached hydrogen (secondary N) is 3. The molecule has 0 fully saturated rings. The highest BCUT2D eigenvalue weighted by molar-refractivity contribution is 7.80. The maximum atomic E-state index is 12.6. The fourth-order valence-corrected chi connectivity index (χ4v) is 2.64. The molecule has 3 atom stereocenters. The van der Waals surface area contributed by atoms with Gasteiger partial charge in [0.1, 0.15) is 18.1 Å². The number of aliphatic carboxylic acids is 1. The molecule has 0 heterocycles. The minimum absolute atomic E-state index is 0.0265. The van der Waals surface area contributed by atoms with E-state index in [0.29, 0.717) is 6.42 Å². The largest absolute Gasteiger partial charge is 0.480 e. The van der Waals surface area contributed by atoms with E-state index in [-0.39, 0.29) is 30.6 Å². The molecule has 3 amide bonds. The van der Waals surface area contributed by atoms with Gasteiger partial charge < -0.3 is 26.8 Å². The number of carboxylic acid groups (broad SMARTS) is 1. The van der Waals surface area contributed by atoms with Gasteiger partial charge in [0.2, 0.25) is 17.7 Å². The van der Waals surface area contributed by atoms with Crippen LogP contribution in [0, 0.1) is 11.8 Å². The summed E-state index contributed by atoms with van der Waals surface area (Å²) in [6, 6.07) is -2.91. The summed E-state index contributed by atoms with van der Waals surface area (Å²) < 4.78 is 0. The predicted octanol–water partition coefficient (Wildman–Crippen LogP) is -0.494. The summed E-state index contributed by atoms with van der Waals surface area (Å²) in [5, 5.41) is 16.8. The van der Waals surface area contributed by atoms with Crippen molar-refractivity contribution < 1.29 is 24.3 Å². The van der Waals surface area contributed by atoms with Crippen LogP contribution >= 0.6 is 12.6 Å². The van der Waals surface area contributed by atoms with Crippen molar-refractivity contribution in [2.24, 2.45) is 17.6 Å². The van der Waals surface area contributed by atoms with Gasteiger partial charge in [0, 0.05) is 5.75 Å². The number of carboxylic acids is 1. The maximum Gasteiger partial charge on any atom is 0.326 e. The Labute approximate surface area is 165 Å². The van der Waals surface area contributed by atoms with E-state index in [0.717, 1.165) is 0 Å². The van der Waals surface area contributed by atoms with Crippen molar-refractivity contribution in [1.82, 2.24) is 16.0 Å². The summed E-state index contributed by atoms with van der Waals surface area (Å²) in [4.78, 5) is 47.8. The molecule has 0 aromatic carbocycles. The van der Waals surface area contributed by atoms with Crippen LogP contribution in [0.15, 0.2) is 0 Å². The topological polar surface area (TPSA) is 151 Å². The molecule has 3 unspecified atom stereocenters. The first-order valence-corrected chi connectivity index (χ1v) is 9.58. The van der Waals surface area contributed by atoms with Gasteiger partial charge in [0.15, 0.2) is 0 Å². The monoisotopic (exact) mass is 404 g/mol. The number of thiol groups is 1. The van der Waals surface area contributed by atoms with Crippen LogP contribution in [0.2, 0.25) is 0 Å². The standard InChI is InChI=1S/C17H32N4O5S/c1-9(2)5-11(15(23)21-12(17(25)26)6-10(3)4)20-16(24)13(8-27)19-14(22)7-18/h9-13,27H,5-8,18H2,1-4H3,(H,19,22)(H,20,24)(H,21,23)(H,25,26). The third kappa shape index (κ3) is 10.2. The number of nitrogens with two attached hydrogens (primary N) is 1. The second kappa shape index (κ2) is 12.6. The zero-order valence-electron chi connectivity index (χ0n) is 16.3. The minimum Gasteiger partial charge on any atom is -0.480 e. The van der Waals surface area contributed by atoms with E-state index in [2.05, 4.69) is 28.6 Å². The van der Waals surface area contributed by atoms with Crippen molar-refractivity contribution >= 4 is 36.3 Å². The highest BCUT2D eigenvalue weighted by atomic mass is 32.1. The Hall–Kier alpha value is -1.81. The SMILES string of the molecule is CC(C)CC(NC(=O)C(CC(C)C)NC(=O)C(CS)NC(=O)CN)C(=O)O. The first kappa shape index (κ1) is 25.2. The van der Waals surface area contributed by atoms with Gasteiger partial charge in [-0.2, -0.15) is 12.6 Å². The van der Waals surface area contributed by atoms with Crippen LogP contribution in [0.3, 0.4) is 0 Å². The predicted molar refractivity (Wildman–Crippen MR) is 105 cm³/mol. The lowest BCUT2D eigenvalue weighted by molar-refractivity contribution is -0.142. The van der Waals surface area contributed by atoms with Crippen LogP contribution in [-0.4, -0.2) is 59.2 Å². The van der Waals surface area contributed by atoms with Gasteiger partial charge >= 0.3 is 5.97 Å². The summed E-state index contributed by atoms with van der Waals surface area (Å²) in [5.74, 6) is -2.63. The number of amides is 3. The smallest absolute Gasteiger partial charge is 0.326 e. The van der Waals surface area contributed by atoms with Gasteiger partial charge in [-0.1, -0.05) is 27.7 Å². The summed E-state index contributed by atoms with van der Waals surface area (Å²) in [6.07, 6.45) is 0.588. The van der Waals surface area contributed by atoms with Gasteiger partial charge in [0.25, 0.3) is 0 Å². The second-order valence-corrected chi connectivity index (χ2v) is 7.59. The molecule has 0 aliphatic rings.